The van der Waals surface area contributed by atoms with Gasteiger partial charge < -0.3 is 49.6 Å². The van der Waals surface area contributed by atoms with E-state index in [4.69, 9.17) is 18.9 Å². The summed E-state index contributed by atoms with van der Waals surface area (Å²) in [4.78, 5) is 0. The molecule has 9 N–H and O–H groups in total. The molecule has 3 aliphatic rings. The Morgan fingerprint density at radius 3 is 2.03 bits per heavy atom. The van der Waals surface area contributed by atoms with E-state index in [2.05, 4.69) is 0 Å². The lowest BCUT2D eigenvalue weighted by Crippen LogP contribution is -2.65. The standard InChI is InChI=1S/C17H30F3N3O10/c18-21-3-8-12(27)7(25)2-10(30-8)32-15-6(23-20)1-5(22-19)11(26)16(15)33-17-14(29)13(28)9(4-24)31-17/h5-17,21-29H,1-4H2. The number of hydrogen-bond acceptors (Lipinski definition) is 13. The predicted molar refractivity (Wildman–Crippen MR) is 98.6 cm³/mol. The lowest BCUT2D eigenvalue weighted by molar-refractivity contribution is -0.307. The van der Waals surface area contributed by atoms with E-state index in [9.17, 15) is 44.1 Å². The molecule has 33 heavy (non-hydrogen) atoms. The third-order valence-electron chi connectivity index (χ3n) is 6.17. The maximum absolute atomic E-state index is 13.6. The molecule has 13 nitrogen and oxygen atoms in total. The topological polar surface area (TPSA) is 194 Å². The van der Waals surface area contributed by atoms with Crippen molar-refractivity contribution in [3.63, 3.8) is 0 Å². The molecule has 0 radical (unpaired) electrons. The van der Waals surface area contributed by atoms with Crippen LogP contribution in [0, 0.1) is 0 Å². The number of rotatable bonds is 9. The maximum Gasteiger partial charge on any atom is 0.187 e. The second-order valence-corrected chi connectivity index (χ2v) is 8.30. The molecule has 0 amide bonds. The molecule has 3 fully saturated rings. The summed E-state index contributed by atoms with van der Waals surface area (Å²) in [5.41, 5.74) is 4.06. The van der Waals surface area contributed by atoms with E-state index in [0.717, 1.165) is 0 Å². The van der Waals surface area contributed by atoms with Gasteiger partial charge in [0.15, 0.2) is 12.6 Å². The van der Waals surface area contributed by atoms with Gasteiger partial charge >= 0.3 is 0 Å². The Hall–Kier alpha value is -0.730. The zero-order valence-corrected chi connectivity index (χ0v) is 17.3. The highest BCUT2D eigenvalue weighted by atomic mass is 19.2. The van der Waals surface area contributed by atoms with Crippen molar-refractivity contribution in [2.24, 2.45) is 0 Å². The number of ether oxygens (including phenoxy) is 4. The van der Waals surface area contributed by atoms with Crippen LogP contribution >= 0.6 is 0 Å². The van der Waals surface area contributed by atoms with Gasteiger partial charge in [0.1, 0.15) is 48.8 Å². The van der Waals surface area contributed by atoms with Crippen LogP contribution in [0.5, 0.6) is 0 Å². The van der Waals surface area contributed by atoms with Gasteiger partial charge in [-0.1, -0.05) is 0 Å². The van der Waals surface area contributed by atoms with Crippen LogP contribution in [0.1, 0.15) is 12.8 Å². The molecule has 1 saturated carbocycles. The van der Waals surface area contributed by atoms with Crippen LogP contribution in [0.15, 0.2) is 0 Å². The summed E-state index contributed by atoms with van der Waals surface area (Å²) in [6.45, 7) is -1.15. The van der Waals surface area contributed by atoms with E-state index >= 15 is 0 Å². The third kappa shape index (κ3) is 5.75. The summed E-state index contributed by atoms with van der Waals surface area (Å²) in [5.74, 6) is 0. The van der Waals surface area contributed by atoms with Gasteiger partial charge in [-0.3, -0.25) is 0 Å². The van der Waals surface area contributed by atoms with Crippen LogP contribution < -0.4 is 16.6 Å². The minimum atomic E-state index is -1.67. The second kappa shape index (κ2) is 11.8. The molecule has 0 aromatic carbocycles. The quantitative estimate of drug-likeness (QED) is 0.141. The van der Waals surface area contributed by atoms with Crippen molar-refractivity contribution in [1.29, 1.82) is 0 Å². The zero-order valence-electron chi connectivity index (χ0n) is 17.3. The first-order valence-electron chi connectivity index (χ1n) is 10.4. The van der Waals surface area contributed by atoms with Gasteiger partial charge in [0.2, 0.25) is 0 Å². The Bertz CT molecular complexity index is 619. The Morgan fingerprint density at radius 2 is 1.45 bits per heavy atom. The first kappa shape index (κ1) is 26.9. The van der Waals surface area contributed by atoms with E-state index in [1.807, 2.05) is 0 Å². The molecular formula is C17H30F3N3O10. The van der Waals surface area contributed by atoms with Crippen molar-refractivity contribution >= 4 is 0 Å². The fourth-order valence-electron chi connectivity index (χ4n) is 4.30. The molecule has 0 aromatic rings. The highest BCUT2D eigenvalue weighted by Gasteiger charge is 2.52. The maximum atomic E-state index is 13.6. The molecule has 1 aliphatic carbocycles. The van der Waals surface area contributed by atoms with Gasteiger partial charge in [0.25, 0.3) is 0 Å². The highest BCUT2D eigenvalue weighted by molar-refractivity contribution is 5.01. The van der Waals surface area contributed by atoms with Gasteiger partial charge in [-0.05, 0) is 6.42 Å². The van der Waals surface area contributed by atoms with Crippen LogP contribution in [0.4, 0.5) is 13.4 Å². The number of halogens is 3. The van der Waals surface area contributed by atoms with Crippen molar-refractivity contribution in [1.82, 2.24) is 16.6 Å². The normalized spacial score (nSPS) is 48.8. The molecule has 2 saturated heterocycles. The molecule has 2 aliphatic heterocycles. The van der Waals surface area contributed by atoms with Gasteiger partial charge in [-0.2, -0.15) is 16.6 Å². The molecule has 13 unspecified atom stereocenters. The number of nitrogens with one attached hydrogen (secondary N) is 3. The Morgan fingerprint density at radius 1 is 0.758 bits per heavy atom. The van der Waals surface area contributed by atoms with Crippen molar-refractivity contribution in [2.75, 3.05) is 13.2 Å². The van der Waals surface area contributed by atoms with E-state index in [-0.39, 0.29) is 12.8 Å². The molecule has 2 heterocycles. The van der Waals surface area contributed by atoms with E-state index in [0.29, 0.717) is 0 Å². The first-order valence-corrected chi connectivity index (χ1v) is 10.4. The number of aliphatic hydroxyl groups is 6. The van der Waals surface area contributed by atoms with Gasteiger partial charge in [0, 0.05) is 6.42 Å². The summed E-state index contributed by atoms with van der Waals surface area (Å²) >= 11 is 0. The summed E-state index contributed by atoms with van der Waals surface area (Å²) in [7, 11) is 0. The van der Waals surface area contributed by atoms with Crippen LogP contribution in [0.3, 0.4) is 0 Å². The van der Waals surface area contributed by atoms with Gasteiger partial charge in [-0.25, -0.2) is 0 Å². The largest absolute Gasteiger partial charge is 0.394 e. The molecule has 3 rings (SSSR count). The monoisotopic (exact) mass is 493 g/mol. The fourth-order valence-corrected chi connectivity index (χ4v) is 4.30. The Balaban J connectivity index is 1.79. The summed E-state index contributed by atoms with van der Waals surface area (Å²) in [6.07, 6.45) is -16.7. The summed E-state index contributed by atoms with van der Waals surface area (Å²) in [5, 5.41) is 59.9. The Labute approximate surface area is 186 Å². The average molecular weight is 493 g/mol. The van der Waals surface area contributed by atoms with Crippen molar-refractivity contribution in [3.8, 4) is 0 Å². The molecule has 16 heteroatoms. The molecule has 13 atom stereocenters. The SMILES string of the molecule is OCC1OC(OC2C(O)C(NF)CC(NF)C2OC2CC(O)C(O)C(CNF)O2)C(O)C1O. The molecule has 0 bridgehead atoms. The number of aliphatic hydroxyl groups excluding tert-OH is 6. The van der Waals surface area contributed by atoms with Crippen molar-refractivity contribution < 1.29 is 63.0 Å². The van der Waals surface area contributed by atoms with Crippen LogP contribution in [-0.2, 0) is 18.9 Å². The predicted octanol–water partition coefficient (Wildman–Crippen LogP) is -4.04. The minimum absolute atomic E-state index is 0.305. The minimum Gasteiger partial charge on any atom is -0.394 e. The summed E-state index contributed by atoms with van der Waals surface area (Å²) in [6, 6.07) is -2.63. The van der Waals surface area contributed by atoms with E-state index in [1.165, 1.54) is 16.6 Å². The lowest BCUT2D eigenvalue weighted by Gasteiger charge is -2.46. The lowest BCUT2D eigenvalue weighted by atomic mass is 9.84. The first-order chi connectivity index (χ1) is 15.7. The molecule has 194 valence electrons. The number of hydrogen-bond donors (Lipinski definition) is 9. The van der Waals surface area contributed by atoms with E-state index in [1.54, 1.807) is 0 Å². The van der Waals surface area contributed by atoms with Crippen molar-refractivity contribution in [2.45, 2.75) is 92.4 Å². The third-order valence-corrected chi connectivity index (χ3v) is 6.17. The average Bonchev–Trinajstić information content (AvgIpc) is 3.07. The molecular weight excluding hydrogens is 463 g/mol. The highest BCUT2D eigenvalue weighted by Crippen LogP contribution is 2.33. The van der Waals surface area contributed by atoms with Crippen LogP contribution in [0.25, 0.3) is 0 Å². The second-order valence-electron chi connectivity index (χ2n) is 8.30. The van der Waals surface area contributed by atoms with Crippen LogP contribution in [-0.4, -0.2) is 123 Å². The molecule has 0 spiro atoms. The molecule has 0 aromatic heterocycles. The van der Waals surface area contributed by atoms with Gasteiger partial charge in [0.05, 0.1) is 31.3 Å². The summed E-state index contributed by atoms with van der Waals surface area (Å²) < 4.78 is 61.3. The van der Waals surface area contributed by atoms with E-state index < -0.39 is 92.8 Å². The zero-order chi connectivity index (χ0) is 24.3. The smallest absolute Gasteiger partial charge is 0.187 e. The Kier molecular flexibility index (Phi) is 9.61. The van der Waals surface area contributed by atoms with Gasteiger partial charge in [-0.15, -0.1) is 13.4 Å². The fraction of sp³-hybridized carbons (Fsp3) is 1.00. The van der Waals surface area contributed by atoms with Crippen molar-refractivity contribution in [3.05, 3.63) is 0 Å². The van der Waals surface area contributed by atoms with Crippen LogP contribution in [0.2, 0.25) is 0 Å².